The third-order valence-corrected chi connectivity index (χ3v) is 8.21. The van der Waals surface area contributed by atoms with Crippen LogP contribution < -0.4 is 10.6 Å². The number of carbonyl (C=O) groups is 3. The van der Waals surface area contributed by atoms with Crippen molar-refractivity contribution < 1.29 is 19.5 Å². The maximum absolute atomic E-state index is 13.3. The van der Waals surface area contributed by atoms with Gasteiger partial charge in [0.2, 0.25) is 5.91 Å². The van der Waals surface area contributed by atoms with Crippen LogP contribution >= 0.6 is 11.6 Å². The molecule has 3 N–H and O–H groups in total. The van der Waals surface area contributed by atoms with Crippen molar-refractivity contribution >= 4 is 35.0 Å². The zero-order valence-electron chi connectivity index (χ0n) is 23.6. The fraction of sp³-hybridized carbons (Fsp3) is 0.387. The second kappa shape index (κ2) is 13.4. The smallest absolute Gasteiger partial charge is 0.255 e. The molecule has 10 nitrogen and oxygen atoms in total. The Kier molecular flexibility index (Phi) is 9.46. The molecule has 5 rings (SSSR count). The number of hydrogen-bond acceptors (Lipinski definition) is 6. The molecule has 3 heterocycles. The Morgan fingerprint density at radius 1 is 1.02 bits per heavy atom. The van der Waals surface area contributed by atoms with Crippen molar-refractivity contribution in [3.05, 3.63) is 87.9 Å². The van der Waals surface area contributed by atoms with Crippen molar-refractivity contribution in [1.82, 2.24) is 20.0 Å². The normalized spacial score (nSPS) is 21.4. The highest BCUT2D eigenvalue weighted by molar-refractivity contribution is 6.31. The van der Waals surface area contributed by atoms with Crippen LogP contribution in [0.15, 0.2) is 65.8 Å². The molecule has 2 fully saturated rings. The lowest BCUT2D eigenvalue weighted by atomic mass is 9.89. The number of allylic oxidation sites excluding steroid dienone is 2. The second-order valence-corrected chi connectivity index (χ2v) is 11.3. The zero-order chi connectivity index (χ0) is 29.6. The molecule has 0 bridgehead atoms. The van der Waals surface area contributed by atoms with Crippen molar-refractivity contribution in [2.45, 2.75) is 24.9 Å². The van der Waals surface area contributed by atoms with Gasteiger partial charge in [0, 0.05) is 56.4 Å². The number of nitrogens with zero attached hydrogens (tertiary/aromatic N) is 4. The van der Waals surface area contributed by atoms with Crippen LogP contribution in [-0.2, 0) is 4.79 Å². The van der Waals surface area contributed by atoms with Crippen LogP contribution in [0.3, 0.4) is 0 Å². The number of rotatable bonds is 8. The Balaban J connectivity index is 1.21. The highest BCUT2D eigenvalue weighted by atomic mass is 35.5. The average molecular weight is 592 g/mol. The van der Waals surface area contributed by atoms with Gasteiger partial charge >= 0.3 is 0 Å². The number of likely N-dealkylation sites (tertiary alicyclic amines) is 1. The number of benzene rings is 2. The van der Waals surface area contributed by atoms with E-state index in [-0.39, 0.29) is 28.8 Å². The van der Waals surface area contributed by atoms with Gasteiger partial charge in [-0.2, -0.15) is 6.20 Å². The number of likely N-dealkylation sites (N-methyl/N-ethyl adjacent to an activating group) is 1. The lowest BCUT2D eigenvalue weighted by molar-refractivity contribution is -0.135. The largest absolute Gasteiger partial charge is 0.667 e. The van der Waals surface area contributed by atoms with Crippen LogP contribution in [-0.4, -0.2) is 96.6 Å². The summed E-state index contributed by atoms with van der Waals surface area (Å²) in [5, 5.41) is 20.4. The van der Waals surface area contributed by atoms with E-state index in [0.29, 0.717) is 10.6 Å². The van der Waals surface area contributed by atoms with Crippen LogP contribution in [0.1, 0.15) is 45.0 Å². The van der Waals surface area contributed by atoms with E-state index in [4.69, 9.17) is 11.6 Å². The summed E-state index contributed by atoms with van der Waals surface area (Å²) < 4.78 is 0. The van der Waals surface area contributed by atoms with Gasteiger partial charge in [-0.3, -0.25) is 19.3 Å². The topological polar surface area (TPSA) is 119 Å². The van der Waals surface area contributed by atoms with Gasteiger partial charge in [-0.1, -0.05) is 35.9 Å². The molecule has 0 saturated carbocycles. The van der Waals surface area contributed by atoms with Gasteiger partial charge in [-0.25, -0.2) is 0 Å². The predicted octanol–water partition coefficient (Wildman–Crippen LogP) is 3.68. The third kappa shape index (κ3) is 7.13. The standard InChI is InChI=1S/C31H36ClN6O4/c1-36-14-16-37(17-15-36)18-19-38-13-3-5-24(31(38)42)21-7-9-22(10-8-21)29(40)35-28-25(4-2-6-26(28)39)30(41)34-27-12-11-23(32)20-33-27/h2,4,6-12,20,24,27,39H,3,5,13-19H2,1H3,(H2,34,35,40,41)/q-1. The lowest BCUT2D eigenvalue weighted by Crippen LogP contribution is -2.49. The Labute approximate surface area is 251 Å². The molecule has 2 atom stereocenters. The second-order valence-electron chi connectivity index (χ2n) is 10.9. The van der Waals surface area contributed by atoms with E-state index in [1.807, 2.05) is 17.0 Å². The number of anilines is 1. The van der Waals surface area contributed by atoms with Crippen LogP contribution in [0.4, 0.5) is 5.69 Å². The van der Waals surface area contributed by atoms with Crippen LogP contribution in [0.5, 0.6) is 5.75 Å². The molecule has 2 aromatic rings. The summed E-state index contributed by atoms with van der Waals surface area (Å²) in [5.74, 6) is -1.35. The van der Waals surface area contributed by atoms with Crippen LogP contribution in [0.2, 0.25) is 0 Å². The Hall–Kier alpha value is -3.86. The fourth-order valence-electron chi connectivity index (χ4n) is 5.44. The first-order valence-corrected chi connectivity index (χ1v) is 14.6. The van der Waals surface area contributed by atoms with Gasteiger partial charge in [-0.15, -0.1) is 0 Å². The molecule has 2 aromatic carbocycles. The zero-order valence-corrected chi connectivity index (χ0v) is 24.4. The summed E-state index contributed by atoms with van der Waals surface area (Å²) in [4.78, 5) is 46.1. The summed E-state index contributed by atoms with van der Waals surface area (Å²) in [6.45, 7) is 6.54. The first-order valence-electron chi connectivity index (χ1n) is 14.3. The molecular formula is C31H36ClN6O4-. The van der Waals surface area contributed by atoms with Crippen LogP contribution in [0, 0.1) is 0 Å². The van der Waals surface area contributed by atoms with Gasteiger partial charge in [-0.05, 0) is 62.0 Å². The van der Waals surface area contributed by atoms with Gasteiger partial charge in [0.15, 0.2) is 0 Å². The quantitative estimate of drug-likeness (QED) is 0.403. The summed E-state index contributed by atoms with van der Waals surface area (Å²) in [6, 6.07) is 11.4. The number of carbonyl (C=O) groups excluding carboxylic acids is 3. The SMILES string of the molecule is CN1CCN(CCN2CCCC(c3ccc(C(=O)Nc4c(O)cccc4C(=O)NC4C=CC(Cl)=C[N-]4)cc3)C2=O)CC1. The van der Waals surface area contributed by atoms with E-state index in [2.05, 4.69) is 32.8 Å². The third-order valence-electron chi connectivity index (χ3n) is 7.99. The van der Waals surface area contributed by atoms with E-state index in [9.17, 15) is 19.5 Å². The van der Waals surface area contributed by atoms with Gasteiger partial charge < -0.3 is 30.9 Å². The number of aromatic hydroxyl groups is 1. The molecule has 0 aromatic heterocycles. The highest BCUT2D eigenvalue weighted by Crippen LogP contribution is 2.30. The molecule has 3 aliphatic rings. The van der Waals surface area contributed by atoms with E-state index in [1.165, 1.54) is 24.4 Å². The molecular weight excluding hydrogens is 556 g/mol. The summed E-state index contributed by atoms with van der Waals surface area (Å²) >= 11 is 5.87. The van der Waals surface area contributed by atoms with E-state index in [1.54, 1.807) is 24.3 Å². The molecule has 42 heavy (non-hydrogen) atoms. The summed E-state index contributed by atoms with van der Waals surface area (Å²) in [6.07, 6.45) is 5.79. The molecule has 222 valence electrons. The maximum Gasteiger partial charge on any atom is 0.255 e. The summed E-state index contributed by atoms with van der Waals surface area (Å²) in [7, 11) is 2.13. The predicted molar refractivity (Wildman–Crippen MR) is 163 cm³/mol. The molecule has 0 radical (unpaired) electrons. The number of para-hydroxylation sites is 1. The maximum atomic E-state index is 13.3. The highest BCUT2D eigenvalue weighted by Gasteiger charge is 2.30. The summed E-state index contributed by atoms with van der Waals surface area (Å²) in [5.41, 5.74) is 1.31. The Bertz CT molecular complexity index is 1370. The fourth-order valence-corrected chi connectivity index (χ4v) is 5.57. The molecule has 2 unspecified atom stereocenters. The monoisotopic (exact) mass is 591 g/mol. The minimum absolute atomic E-state index is 0.00381. The number of phenols is 1. The number of phenolic OH excluding ortho intramolecular Hbond substituents is 1. The minimum atomic E-state index is -0.622. The number of amides is 3. The number of nitrogens with one attached hydrogen (secondary N) is 2. The van der Waals surface area contributed by atoms with Gasteiger partial charge in [0.05, 0.1) is 17.2 Å². The van der Waals surface area contributed by atoms with Crippen molar-refractivity contribution in [1.29, 1.82) is 0 Å². The number of hydrogen-bond donors (Lipinski definition) is 3. The Morgan fingerprint density at radius 3 is 2.50 bits per heavy atom. The minimum Gasteiger partial charge on any atom is -0.667 e. The average Bonchev–Trinajstić information content (AvgIpc) is 2.99. The van der Waals surface area contributed by atoms with Gasteiger partial charge in [0.1, 0.15) is 5.75 Å². The van der Waals surface area contributed by atoms with Crippen molar-refractivity contribution in [2.75, 3.05) is 58.2 Å². The lowest BCUT2D eigenvalue weighted by Gasteiger charge is -2.36. The number of piperazine rings is 1. The molecule has 3 aliphatic heterocycles. The number of halogens is 1. The van der Waals surface area contributed by atoms with Crippen molar-refractivity contribution in [3.63, 3.8) is 0 Å². The van der Waals surface area contributed by atoms with E-state index >= 15 is 0 Å². The van der Waals surface area contributed by atoms with Crippen molar-refractivity contribution in [2.24, 2.45) is 0 Å². The molecule has 11 heteroatoms. The Morgan fingerprint density at radius 2 is 1.79 bits per heavy atom. The van der Waals surface area contributed by atoms with Gasteiger partial charge in [0.25, 0.3) is 11.8 Å². The van der Waals surface area contributed by atoms with E-state index < -0.39 is 18.0 Å². The first kappa shape index (κ1) is 29.6. The molecule has 0 aliphatic carbocycles. The molecule has 3 amide bonds. The number of piperidine rings is 1. The van der Waals surface area contributed by atoms with Crippen molar-refractivity contribution in [3.8, 4) is 5.75 Å². The van der Waals surface area contributed by atoms with Crippen LogP contribution in [0.25, 0.3) is 5.32 Å². The first-order chi connectivity index (χ1) is 20.3. The van der Waals surface area contributed by atoms with E-state index in [0.717, 1.165) is 64.2 Å². The molecule has 2 saturated heterocycles. The molecule has 0 spiro atoms.